The van der Waals surface area contributed by atoms with Gasteiger partial charge in [0.05, 0.1) is 0 Å². The third-order valence-electron chi connectivity index (χ3n) is 2.43. The number of carbonyl (C=O) groups excluding carboxylic acids is 2. The first-order chi connectivity index (χ1) is 7.02. The van der Waals surface area contributed by atoms with Crippen molar-refractivity contribution in [2.75, 3.05) is 13.1 Å². The summed E-state index contributed by atoms with van der Waals surface area (Å²) in [5, 5.41) is 5.36. The molecule has 0 bridgehead atoms. The van der Waals surface area contributed by atoms with E-state index in [4.69, 9.17) is 0 Å². The molecule has 0 aliphatic rings. The highest BCUT2D eigenvalue weighted by atomic mass is 16.1. The second-order valence-electron chi connectivity index (χ2n) is 4.83. The molecule has 0 fully saturated rings. The van der Waals surface area contributed by atoms with Gasteiger partial charge in [-0.3, -0.25) is 9.59 Å². The van der Waals surface area contributed by atoms with Crippen LogP contribution in [0.4, 0.5) is 0 Å². The lowest BCUT2D eigenvalue weighted by Gasteiger charge is -2.27. The molecule has 4 nitrogen and oxygen atoms in total. The van der Waals surface area contributed by atoms with E-state index in [1.165, 1.54) is 0 Å². The Balaban J connectivity index is 3.75. The molecule has 2 amide bonds. The van der Waals surface area contributed by atoms with Crippen molar-refractivity contribution < 1.29 is 9.59 Å². The van der Waals surface area contributed by atoms with Gasteiger partial charge in [-0.05, 0) is 24.2 Å². The molecular formula is C11H22N2O2. The standard InChI is InChI=1S/C11H22N2O2/c1-10(4-5-12-8-14)6-11(2,3)7-13-9-15/h8-10H,4-7H2,1-3H3,(H,12,14)(H,13,15). The molecule has 88 valence electrons. The van der Waals surface area contributed by atoms with E-state index in [1.807, 2.05) is 0 Å². The summed E-state index contributed by atoms with van der Waals surface area (Å²) in [6.45, 7) is 7.85. The second-order valence-corrected chi connectivity index (χ2v) is 4.83. The van der Waals surface area contributed by atoms with E-state index in [-0.39, 0.29) is 5.41 Å². The van der Waals surface area contributed by atoms with Crippen molar-refractivity contribution in [3.63, 3.8) is 0 Å². The van der Waals surface area contributed by atoms with Crippen molar-refractivity contribution in [1.29, 1.82) is 0 Å². The molecule has 0 saturated carbocycles. The van der Waals surface area contributed by atoms with Gasteiger partial charge in [0.15, 0.2) is 0 Å². The van der Waals surface area contributed by atoms with Crippen LogP contribution in [-0.2, 0) is 9.59 Å². The average molecular weight is 214 g/mol. The lowest BCUT2D eigenvalue weighted by molar-refractivity contribution is -0.110. The molecule has 1 atom stereocenters. The Morgan fingerprint density at radius 3 is 2.33 bits per heavy atom. The summed E-state index contributed by atoms with van der Waals surface area (Å²) in [4.78, 5) is 20.2. The third-order valence-corrected chi connectivity index (χ3v) is 2.43. The predicted octanol–water partition coefficient (Wildman–Crippen LogP) is 0.921. The summed E-state index contributed by atoms with van der Waals surface area (Å²) in [5.41, 5.74) is 0.113. The van der Waals surface area contributed by atoms with Crippen LogP contribution in [0.3, 0.4) is 0 Å². The predicted molar refractivity (Wildman–Crippen MR) is 60.3 cm³/mol. The van der Waals surface area contributed by atoms with Crippen LogP contribution < -0.4 is 10.6 Å². The van der Waals surface area contributed by atoms with Crippen LogP contribution in [0.15, 0.2) is 0 Å². The number of hydrogen-bond donors (Lipinski definition) is 2. The van der Waals surface area contributed by atoms with E-state index in [1.54, 1.807) is 0 Å². The Labute approximate surface area is 91.8 Å². The number of hydrogen-bond acceptors (Lipinski definition) is 2. The zero-order chi connectivity index (χ0) is 11.7. The van der Waals surface area contributed by atoms with Gasteiger partial charge >= 0.3 is 0 Å². The number of rotatable bonds is 9. The van der Waals surface area contributed by atoms with Crippen LogP contribution in [0, 0.1) is 11.3 Å². The van der Waals surface area contributed by atoms with Gasteiger partial charge in [-0.15, -0.1) is 0 Å². The van der Waals surface area contributed by atoms with Gasteiger partial charge in [0, 0.05) is 13.1 Å². The van der Waals surface area contributed by atoms with Gasteiger partial charge in [-0.25, -0.2) is 0 Å². The van der Waals surface area contributed by atoms with Crippen LogP contribution in [0.2, 0.25) is 0 Å². The van der Waals surface area contributed by atoms with E-state index < -0.39 is 0 Å². The molecule has 0 rings (SSSR count). The normalized spacial score (nSPS) is 13.0. The van der Waals surface area contributed by atoms with E-state index in [9.17, 15) is 9.59 Å². The largest absolute Gasteiger partial charge is 0.359 e. The van der Waals surface area contributed by atoms with Crippen LogP contribution in [0.1, 0.15) is 33.6 Å². The first kappa shape index (κ1) is 13.9. The molecule has 0 aromatic heterocycles. The molecule has 0 aromatic carbocycles. The smallest absolute Gasteiger partial charge is 0.207 e. The third kappa shape index (κ3) is 7.97. The first-order valence-corrected chi connectivity index (χ1v) is 5.36. The minimum Gasteiger partial charge on any atom is -0.359 e. The molecular weight excluding hydrogens is 192 g/mol. The zero-order valence-corrected chi connectivity index (χ0v) is 9.88. The Kier molecular flexibility index (Phi) is 6.75. The van der Waals surface area contributed by atoms with Gasteiger partial charge in [-0.2, -0.15) is 0 Å². The summed E-state index contributed by atoms with van der Waals surface area (Å²) in [6.07, 6.45) is 3.48. The van der Waals surface area contributed by atoms with Crippen molar-refractivity contribution in [3.8, 4) is 0 Å². The molecule has 0 radical (unpaired) electrons. The number of carbonyl (C=O) groups is 2. The lowest BCUT2D eigenvalue weighted by Crippen LogP contribution is -2.30. The lowest BCUT2D eigenvalue weighted by atomic mass is 9.82. The van der Waals surface area contributed by atoms with E-state index in [2.05, 4.69) is 31.4 Å². The van der Waals surface area contributed by atoms with Crippen LogP contribution in [0.25, 0.3) is 0 Å². The van der Waals surface area contributed by atoms with Gasteiger partial charge in [0.25, 0.3) is 0 Å². The monoisotopic (exact) mass is 214 g/mol. The molecule has 0 aromatic rings. The molecule has 0 spiro atoms. The SMILES string of the molecule is CC(CCNC=O)CC(C)(C)CNC=O. The quantitative estimate of drug-likeness (QED) is 0.443. The Hall–Kier alpha value is -1.06. The summed E-state index contributed by atoms with van der Waals surface area (Å²) >= 11 is 0. The fourth-order valence-corrected chi connectivity index (χ4v) is 1.82. The van der Waals surface area contributed by atoms with Gasteiger partial charge in [-0.1, -0.05) is 20.8 Å². The highest BCUT2D eigenvalue weighted by Crippen LogP contribution is 2.25. The van der Waals surface area contributed by atoms with Crippen molar-refractivity contribution in [2.24, 2.45) is 11.3 Å². The molecule has 15 heavy (non-hydrogen) atoms. The topological polar surface area (TPSA) is 58.2 Å². The van der Waals surface area contributed by atoms with Gasteiger partial charge in [0.1, 0.15) is 0 Å². The van der Waals surface area contributed by atoms with Crippen LogP contribution in [0.5, 0.6) is 0 Å². The molecule has 4 heteroatoms. The van der Waals surface area contributed by atoms with Crippen molar-refractivity contribution in [1.82, 2.24) is 10.6 Å². The van der Waals surface area contributed by atoms with Crippen molar-refractivity contribution in [2.45, 2.75) is 33.6 Å². The highest BCUT2D eigenvalue weighted by Gasteiger charge is 2.20. The molecule has 0 aliphatic heterocycles. The summed E-state index contributed by atoms with van der Waals surface area (Å²) in [7, 11) is 0. The first-order valence-electron chi connectivity index (χ1n) is 5.36. The fourth-order valence-electron chi connectivity index (χ4n) is 1.82. The summed E-state index contributed by atoms with van der Waals surface area (Å²) in [5.74, 6) is 0.543. The highest BCUT2D eigenvalue weighted by molar-refractivity contribution is 5.46. The summed E-state index contributed by atoms with van der Waals surface area (Å²) in [6, 6.07) is 0. The second kappa shape index (κ2) is 7.26. The Bertz CT molecular complexity index is 193. The van der Waals surface area contributed by atoms with E-state index in [0.29, 0.717) is 12.5 Å². The van der Waals surface area contributed by atoms with Gasteiger partial charge < -0.3 is 10.6 Å². The van der Waals surface area contributed by atoms with E-state index >= 15 is 0 Å². The van der Waals surface area contributed by atoms with Gasteiger partial charge in [0.2, 0.25) is 12.8 Å². The Morgan fingerprint density at radius 1 is 1.20 bits per heavy atom. The van der Waals surface area contributed by atoms with Crippen molar-refractivity contribution >= 4 is 12.8 Å². The molecule has 0 heterocycles. The van der Waals surface area contributed by atoms with Crippen LogP contribution >= 0.6 is 0 Å². The minimum absolute atomic E-state index is 0.113. The molecule has 2 N–H and O–H groups in total. The maximum absolute atomic E-state index is 10.2. The van der Waals surface area contributed by atoms with E-state index in [0.717, 1.165) is 32.2 Å². The molecule has 1 unspecified atom stereocenters. The van der Waals surface area contributed by atoms with Crippen molar-refractivity contribution in [3.05, 3.63) is 0 Å². The maximum Gasteiger partial charge on any atom is 0.207 e. The zero-order valence-electron chi connectivity index (χ0n) is 9.88. The average Bonchev–Trinajstić information content (AvgIpc) is 2.14. The minimum atomic E-state index is 0.113. The maximum atomic E-state index is 10.2. The fraction of sp³-hybridized carbons (Fsp3) is 0.818. The molecule has 0 saturated heterocycles. The summed E-state index contributed by atoms with van der Waals surface area (Å²) < 4.78 is 0. The molecule has 0 aliphatic carbocycles. The Morgan fingerprint density at radius 2 is 1.80 bits per heavy atom. The number of amides is 2. The number of nitrogens with one attached hydrogen (secondary N) is 2. The van der Waals surface area contributed by atoms with Crippen LogP contribution in [-0.4, -0.2) is 25.9 Å².